The van der Waals surface area contributed by atoms with Crippen LogP contribution in [0, 0.1) is 11.3 Å². The van der Waals surface area contributed by atoms with Gasteiger partial charge in [0, 0.05) is 29.6 Å². The third-order valence-electron chi connectivity index (χ3n) is 2.69. The predicted octanol–water partition coefficient (Wildman–Crippen LogP) is 3.01. The number of carbonyl (C=O) groups excluding carboxylic acids is 1. The zero-order valence-electron chi connectivity index (χ0n) is 10.6. The molecule has 1 heterocycles. The molecule has 0 aliphatic heterocycles. The van der Waals surface area contributed by atoms with Gasteiger partial charge < -0.3 is 10.6 Å². The molecule has 0 unspecified atom stereocenters. The highest BCUT2D eigenvalue weighted by atomic mass is 79.9. The summed E-state index contributed by atoms with van der Waals surface area (Å²) in [5, 5.41) is 14.7. The van der Waals surface area contributed by atoms with Crippen LogP contribution in [-0.4, -0.2) is 17.9 Å². The molecule has 0 aliphatic carbocycles. The van der Waals surface area contributed by atoms with Crippen LogP contribution in [0.5, 0.6) is 0 Å². The summed E-state index contributed by atoms with van der Waals surface area (Å²) in [6.07, 6.45) is 3.08. The van der Waals surface area contributed by atoms with Crippen LogP contribution in [0.4, 0.5) is 11.4 Å². The van der Waals surface area contributed by atoms with Crippen molar-refractivity contribution in [2.45, 2.75) is 0 Å². The minimum Gasteiger partial charge on any atom is -0.387 e. The molecule has 0 saturated carbocycles. The molecule has 100 valence electrons. The van der Waals surface area contributed by atoms with E-state index in [4.69, 9.17) is 5.26 Å². The molecule has 6 heteroatoms. The zero-order valence-corrected chi connectivity index (χ0v) is 12.2. The SMILES string of the molecule is CNc1ccncc1C(=O)Nc1cc(Br)ccc1C#N. The van der Waals surface area contributed by atoms with E-state index in [1.807, 2.05) is 6.07 Å². The Kier molecular flexibility index (Phi) is 4.33. The Hall–Kier alpha value is -2.39. The Morgan fingerprint density at radius 2 is 2.15 bits per heavy atom. The lowest BCUT2D eigenvalue weighted by Gasteiger charge is -2.10. The Labute approximate surface area is 124 Å². The second-order valence-corrected chi connectivity index (χ2v) is 4.84. The van der Waals surface area contributed by atoms with E-state index in [-0.39, 0.29) is 5.91 Å². The van der Waals surface area contributed by atoms with E-state index in [0.717, 1.165) is 4.47 Å². The molecule has 0 radical (unpaired) electrons. The molecule has 0 atom stereocenters. The number of nitriles is 1. The zero-order chi connectivity index (χ0) is 14.5. The second kappa shape index (κ2) is 6.17. The Balaban J connectivity index is 2.33. The number of benzene rings is 1. The highest BCUT2D eigenvalue weighted by molar-refractivity contribution is 9.10. The minimum absolute atomic E-state index is 0.322. The lowest BCUT2D eigenvalue weighted by Crippen LogP contribution is -2.15. The first-order chi connectivity index (χ1) is 9.65. The van der Waals surface area contributed by atoms with Gasteiger partial charge >= 0.3 is 0 Å². The van der Waals surface area contributed by atoms with Crippen molar-refractivity contribution in [3.63, 3.8) is 0 Å². The summed E-state index contributed by atoms with van der Waals surface area (Å²) in [6.45, 7) is 0. The summed E-state index contributed by atoms with van der Waals surface area (Å²) >= 11 is 3.31. The fourth-order valence-corrected chi connectivity index (χ4v) is 2.06. The quantitative estimate of drug-likeness (QED) is 0.906. The molecule has 0 bridgehead atoms. The van der Waals surface area contributed by atoms with Crippen molar-refractivity contribution in [2.24, 2.45) is 0 Å². The number of amides is 1. The first-order valence-electron chi connectivity index (χ1n) is 5.78. The fraction of sp³-hybridized carbons (Fsp3) is 0.0714. The number of nitrogens with one attached hydrogen (secondary N) is 2. The number of hydrogen-bond donors (Lipinski definition) is 2. The molecule has 0 fully saturated rings. The topological polar surface area (TPSA) is 77.8 Å². The summed E-state index contributed by atoms with van der Waals surface area (Å²) in [5.41, 5.74) is 1.94. The van der Waals surface area contributed by atoms with Gasteiger partial charge in [0.05, 0.1) is 16.8 Å². The molecule has 5 nitrogen and oxygen atoms in total. The van der Waals surface area contributed by atoms with Crippen LogP contribution < -0.4 is 10.6 Å². The highest BCUT2D eigenvalue weighted by Gasteiger charge is 2.13. The van der Waals surface area contributed by atoms with Gasteiger partial charge in [0.25, 0.3) is 5.91 Å². The van der Waals surface area contributed by atoms with E-state index < -0.39 is 0 Å². The Morgan fingerprint density at radius 3 is 2.85 bits per heavy atom. The van der Waals surface area contributed by atoms with Crippen molar-refractivity contribution in [3.05, 3.63) is 52.3 Å². The first-order valence-corrected chi connectivity index (χ1v) is 6.57. The van der Waals surface area contributed by atoms with Crippen molar-refractivity contribution in [1.82, 2.24) is 4.98 Å². The molecule has 2 N–H and O–H groups in total. The van der Waals surface area contributed by atoms with Crippen LogP contribution >= 0.6 is 15.9 Å². The number of nitrogens with zero attached hydrogens (tertiary/aromatic N) is 2. The van der Waals surface area contributed by atoms with Crippen molar-refractivity contribution >= 4 is 33.2 Å². The average Bonchev–Trinajstić information content (AvgIpc) is 2.47. The minimum atomic E-state index is -0.322. The van der Waals surface area contributed by atoms with Crippen LogP contribution in [0.15, 0.2) is 41.1 Å². The van der Waals surface area contributed by atoms with E-state index >= 15 is 0 Å². The maximum absolute atomic E-state index is 12.3. The van der Waals surface area contributed by atoms with Crippen LogP contribution in [0.25, 0.3) is 0 Å². The van der Waals surface area contributed by atoms with E-state index in [1.165, 1.54) is 6.20 Å². The number of pyridine rings is 1. The summed E-state index contributed by atoms with van der Waals surface area (Å²) in [6, 6.07) is 8.83. The molecule has 20 heavy (non-hydrogen) atoms. The maximum atomic E-state index is 12.3. The number of rotatable bonds is 3. The third kappa shape index (κ3) is 2.95. The van der Waals surface area contributed by atoms with Crippen LogP contribution in [0.1, 0.15) is 15.9 Å². The Morgan fingerprint density at radius 1 is 1.35 bits per heavy atom. The molecular formula is C14H11BrN4O. The predicted molar refractivity (Wildman–Crippen MR) is 80.6 cm³/mol. The van der Waals surface area contributed by atoms with Gasteiger partial charge in [-0.25, -0.2) is 0 Å². The van der Waals surface area contributed by atoms with Crippen molar-refractivity contribution in [1.29, 1.82) is 5.26 Å². The number of hydrogen-bond acceptors (Lipinski definition) is 4. The van der Waals surface area contributed by atoms with Crippen LogP contribution in [0.2, 0.25) is 0 Å². The summed E-state index contributed by atoms with van der Waals surface area (Å²) in [5.74, 6) is -0.322. The van der Waals surface area contributed by atoms with Gasteiger partial charge in [0.1, 0.15) is 6.07 Å². The van der Waals surface area contributed by atoms with Gasteiger partial charge in [-0.2, -0.15) is 5.26 Å². The first kappa shape index (κ1) is 14.0. The Bertz CT molecular complexity index is 694. The fourth-order valence-electron chi connectivity index (χ4n) is 1.70. The van der Waals surface area contributed by atoms with Gasteiger partial charge in [0.2, 0.25) is 0 Å². The number of halogens is 1. The number of anilines is 2. The van der Waals surface area contributed by atoms with Crippen LogP contribution in [0.3, 0.4) is 0 Å². The van der Waals surface area contributed by atoms with Gasteiger partial charge in [-0.1, -0.05) is 15.9 Å². The van der Waals surface area contributed by atoms with E-state index in [2.05, 4.69) is 31.5 Å². The maximum Gasteiger partial charge on any atom is 0.259 e. The lowest BCUT2D eigenvalue weighted by atomic mass is 10.1. The molecule has 2 aromatic rings. The number of carbonyl (C=O) groups is 1. The lowest BCUT2D eigenvalue weighted by molar-refractivity contribution is 0.102. The summed E-state index contributed by atoms with van der Waals surface area (Å²) in [7, 11) is 1.73. The highest BCUT2D eigenvalue weighted by Crippen LogP contribution is 2.22. The smallest absolute Gasteiger partial charge is 0.259 e. The van der Waals surface area contributed by atoms with Gasteiger partial charge in [-0.15, -0.1) is 0 Å². The van der Waals surface area contributed by atoms with E-state index in [0.29, 0.717) is 22.5 Å². The van der Waals surface area contributed by atoms with E-state index in [9.17, 15) is 4.79 Å². The average molecular weight is 331 g/mol. The largest absolute Gasteiger partial charge is 0.387 e. The summed E-state index contributed by atoms with van der Waals surface area (Å²) in [4.78, 5) is 16.2. The molecule has 1 amide bonds. The number of aromatic nitrogens is 1. The third-order valence-corrected chi connectivity index (χ3v) is 3.18. The van der Waals surface area contributed by atoms with Crippen molar-refractivity contribution in [3.8, 4) is 6.07 Å². The van der Waals surface area contributed by atoms with Crippen molar-refractivity contribution < 1.29 is 4.79 Å². The molecule has 0 saturated heterocycles. The van der Waals surface area contributed by atoms with E-state index in [1.54, 1.807) is 37.5 Å². The molecule has 2 rings (SSSR count). The van der Waals surface area contributed by atoms with Gasteiger partial charge in [0.15, 0.2) is 0 Å². The standard InChI is InChI=1S/C14H11BrN4O/c1-17-12-4-5-18-8-11(12)14(20)19-13-6-10(15)3-2-9(13)7-16/h2-6,8H,1H3,(H,17,18)(H,19,20). The van der Waals surface area contributed by atoms with Crippen LogP contribution in [-0.2, 0) is 0 Å². The monoisotopic (exact) mass is 330 g/mol. The van der Waals surface area contributed by atoms with Gasteiger partial charge in [-0.3, -0.25) is 9.78 Å². The molecule has 1 aromatic carbocycles. The van der Waals surface area contributed by atoms with Gasteiger partial charge in [-0.05, 0) is 24.3 Å². The summed E-state index contributed by atoms with van der Waals surface area (Å²) < 4.78 is 0.784. The van der Waals surface area contributed by atoms with Crippen molar-refractivity contribution in [2.75, 3.05) is 17.7 Å². The second-order valence-electron chi connectivity index (χ2n) is 3.93. The molecule has 1 aromatic heterocycles. The normalized spacial score (nSPS) is 9.65. The molecule has 0 spiro atoms. The molecular weight excluding hydrogens is 320 g/mol. The molecule has 0 aliphatic rings.